The molecular weight excluding hydrogens is 286 g/mol. The Kier molecular flexibility index (Phi) is 5.22. The van der Waals surface area contributed by atoms with Crippen LogP contribution in [-0.2, 0) is 0 Å². The molecule has 0 unspecified atom stereocenters. The minimum atomic E-state index is -0.259. The first-order chi connectivity index (χ1) is 10.2. The van der Waals surface area contributed by atoms with Crippen LogP contribution < -0.4 is 10.6 Å². The number of nitrogens with one attached hydrogen (secondary N) is 3. The quantitative estimate of drug-likeness (QED) is 0.583. The second kappa shape index (κ2) is 7.35. The number of rotatable bonds is 5. The molecule has 0 aliphatic rings. The molecule has 6 heteroatoms. The minimum absolute atomic E-state index is 0.165. The molecule has 0 spiro atoms. The molecular formula is C15H15N3O2S. The molecule has 21 heavy (non-hydrogen) atoms. The highest BCUT2D eigenvalue weighted by atomic mass is 32.1. The first-order valence-corrected chi connectivity index (χ1v) is 6.88. The van der Waals surface area contributed by atoms with Gasteiger partial charge < -0.3 is 15.6 Å². The lowest BCUT2D eigenvalue weighted by molar-refractivity contribution is 0.0927. The molecule has 2 rings (SSSR count). The first-order valence-electron chi connectivity index (χ1n) is 6.47. The molecule has 0 saturated heterocycles. The van der Waals surface area contributed by atoms with Gasteiger partial charge in [0.1, 0.15) is 4.64 Å². The second-order valence-corrected chi connectivity index (χ2v) is 4.70. The van der Waals surface area contributed by atoms with Gasteiger partial charge in [-0.3, -0.25) is 9.59 Å². The highest BCUT2D eigenvalue weighted by molar-refractivity contribution is 7.71. The van der Waals surface area contributed by atoms with E-state index in [1.807, 2.05) is 6.07 Å². The maximum absolute atomic E-state index is 11.9. The van der Waals surface area contributed by atoms with E-state index in [1.165, 1.54) is 0 Å². The molecule has 1 aromatic heterocycles. The number of hydrogen-bond acceptors (Lipinski definition) is 3. The SMILES string of the molecule is O=C(NCCNC(=O)c1ccc[nH]c1=S)c1ccccc1. The van der Waals surface area contributed by atoms with Crippen molar-refractivity contribution in [2.75, 3.05) is 13.1 Å². The summed E-state index contributed by atoms with van der Waals surface area (Å²) < 4.78 is 0.392. The smallest absolute Gasteiger partial charge is 0.254 e. The largest absolute Gasteiger partial charge is 0.352 e. The van der Waals surface area contributed by atoms with Crippen LogP contribution >= 0.6 is 12.2 Å². The second-order valence-electron chi connectivity index (χ2n) is 4.29. The van der Waals surface area contributed by atoms with E-state index in [4.69, 9.17) is 12.2 Å². The van der Waals surface area contributed by atoms with Gasteiger partial charge in [-0.15, -0.1) is 0 Å². The zero-order chi connectivity index (χ0) is 15.1. The molecule has 1 heterocycles. The Balaban J connectivity index is 1.78. The van der Waals surface area contributed by atoms with E-state index < -0.39 is 0 Å². The maximum Gasteiger partial charge on any atom is 0.254 e. The molecule has 0 aliphatic carbocycles. The van der Waals surface area contributed by atoms with Crippen molar-refractivity contribution in [3.05, 3.63) is 64.4 Å². The Bertz CT molecular complexity index is 683. The summed E-state index contributed by atoms with van der Waals surface area (Å²) in [4.78, 5) is 26.4. The third kappa shape index (κ3) is 4.25. The molecule has 3 N–H and O–H groups in total. The van der Waals surface area contributed by atoms with Crippen LogP contribution in [0.1, 0.15) is 20.7 Å². The van der Waals surface area contributed by atoms with E-state index in [9.17, 15) is 9.59 Å². The van der Waals surface area contributed by atoms with Gasteiger partial charge in [-0.25, -0.2) is 0 Å². The van der Waals surface area contributed by atoms with Crippen LogP contribution in [0.2, 0.25) is 0 Å². The van der Waals surface area contributed by atoms with Crippen LogP contribution in [0.4, 0.5) is 0 Å². The molecule has 108 valence electrons. The van der Waals surface area contributed by atoms with Gasteiger partial charge in [0.2, 0.25) is 0 Å². The minimum Gasteiger partial charge on any atom is -0.352 e. The number of H-pyrrole nitrogens is 1. The number of carbonyl (C=O) groups is 2. The fourth-order valence-corrected chi connectivity index (χ4v) is 1.97. The third-order valence-corrected chi connectivity index (χ3v) is 3.13. The van der Waals surface area contributed by atoms with Crippen molar-refractivity contribution in [1.82, 2.24) is 15.6 Å². The number of carbonyl (C=O) groups excluding carboxylic acids is 2. The highest BCUT2D eigenvalue weighted by Crippen LogP contribution is 1.99. The molecule has 0 fully saturated rings. The fourth-order valence-electron chi connectivity index (χ4n) is 1.74. The lowest BCUT2D eigenvalue weighted by Crippen LogP contribution is -2.34. The van der Waals surface area contributed by atoms with Gasteiger partial charge in [0, 0.05) is 24.8 Å². The van der Waals surface area contributed by atoms with Crippen molar-refractivity contribution in [2.45, 2.75) is 0 Å². The molecule has 2 aromatic rings. The zero-order valence-corrected chi connectivity index (χ0v) is 12.1. The van der Waals surface area contributed by atoms with Gasteiger partial charge in [-0.2, -0.15) is 0 Å². The third-order valence-electron chi connectivity index (χ3n) is 2.79. The van der Waals surface area contributed by atoms with Crippen molar-refractivity contribution in [2.24, 2.45) is 0 Å². The average Bonchev–Trinajstić information content (AvgIpc) is 2.52. The Morgan fingerprint density at radius 2 is 1.62 bits per heavy atom. The van der Waals surface area contributed by atoms with Crippen LogP contribution in [0.15, 0.2) is 48.7 Å². The summed E-state index contributed by atoms with van der Waals surface area (Å²) in [7, 11) is 0. The van der Waals surface area contributed by atoms with E-state index in [1.54, 1.807) is 42.6 Å². The van der Waals surface area contributed by atoms with Crippen LogP contribution in [-0.4, -0.2) is 29.9 Å². The molecule has 5 nitrogen and oxygen atoms in total. The van der Waals surface area contributed by atoms with Crippen LogP contribution in [0.5, 0.6) is 0 Å². The molecule has 0 aliphatic heterocycles. The fraction of sp³-hybridized carbons (Fsp3) is 0.133. The van der Waals surface area contributed by atoms with E-state index in [-0.39, 0.29) is 11.8 Å². The Hall–Kier alpha value is -2.47. The van der Waals surface area contributed by atoms with Crippen molar-refractivity contribution in [3.8, 4) is 0 Å². The van der Waals surface area contributed by atoms with Crippen LogP contribution in [0.25, 0.3) is 0 Å². The molecule has 0 saturated carbocycles. The maximum atomic E-state index is 11.9. The van der Waals surface area contributed by atoms with E-state index in [0.717, 1.165) is 0 Å². The summed E-state index contributed by atoms with van der Waals surface area (Å²) in [6, 6.07) is 12.3. The van der Waals surface area contributed by atoms with Gasteiger partial charge in [0.25, 0.3) is 11.8 Å². The summed E-state index contributed by atoms with van der Waals surface area (Å²) in [5.41, 5.74) is 1.01. The molecule has 2 amide bonds. The van der Waals surface area contributed by atoms with Gasteiger partial charge in [-0.1, -0.05) is 30.4 Å². The van der Waals surface area contributed by atoms with E-state index in [0.29, 0.717) is 28.9 Å². The number of pyridine rings is 1. The number of amides is 2. The Morgan fingerprint density at radius 1 is 0.952 bits per heavy atom. The normalized spacial score (nSPS) is 9.90. The summed E-state index contributed by atoms with van der Waals surface area (Å²) in [5.74, 6) is -0.423. The zero-order valence-electron chi connectivity index (χ0n) is 11.3. The summed E-state index contributed by atoms with van der Waals surface area (Å²) in [6.07, 6.45) is 1.67. The molecule has 1 aromatic carbocycles. The predicted octanol–water partition coefficient (Wildman–Crippen LogP) is 1.90. The van der Waals surface area contributed by atoms with Crippen molar-refractivity contribution >= 4 is 24.0 Å². The molecule has 0 atom stereocenters. The number of aromatic nitrogens is 1. The van der Waals surface area contributed by atoms with Crippen molar-refractivity contribution < 1.29 is 9.59 Å². The van der Waals surface area contributed by atoms with Gasteiger partial charge in [0.15, 0.2) is 0 Å². The van der Waals surface area contributed by atoms with E-state index >= 15 is 0 Å². The monoisotopic (exact) mass is 301 g/mol. The summed E-state index contributed by atoms with van der Waals surface area (Å²) in [5, 5.41) is 5.44. The lowest BCUT2D eigenvalue weighted by atomic mass is 10.2. The van der Waals surface area contributed by atoms with Gasteiger partial charge in [-0.05, 0) is 24.3 Å². The average molecular weight is 301 g/mol. The Morgan fingerprint density at radius 3 is 2.29 bits per heavy atom. The standard InChI is InChI=1S/C15H15N3O2S/c19-13(11-5-2-1-3-6-11)16-9-10-17-14(20)12-7-4-8-18-15(12)21/h1-8H,9-10H2,(H,16,19)(H,17,20)(H,18,21). The summed E-state index contributed by atoms with van der Waals surface area (Å²) >= 11 is 5.03. The first kappa shape index (κ1) is 14.9. The number of hydrogen-bond donors (Lipinski definition) is 3. The van der Waals surface area contributed by atoms with Crippen LogP contribution in [0, 0.1) is 4.64 Å². The number of aromatic amines is 1. The van der Waals surface area contributed by atoms with E-state index in [2.05, 4.69) is 15.6 Å². The highest BCUT2D eigenvalue weighted by Gasteiger charge is 2.07. The topological polar surface area (TPSA) is 74.0 Å². The van der Waals surface area contributed by atoms with Crippen LogP contribution in [0.3, 0.4) is 0 Å². The Labute approximate surface area is 127 Å². The van der Waals surface area contributed by atoms with Gasteiger partial charge in [0.05, 0.1) is 5.56 Å². The predicted molar refractivity (Wildman–Crippen MR) is 82.7 cm³/mol. The lowest BCUT2D eigenvalue weighted by Gasteiger charge is -2.07. The van der Waals surface area contributed by atoms with Crippen molar-refractivity contribution in [3.63, 3.8) is 0 Å². The molecule has 0 radical (unpaired) electrons. The van der Waals surface area contributed by atoms with Crippen molar-refractivity contribution in [1.29, 1.82) is 0 Å². The summed E-state index contributed by atoms with van der Waals surface area (Å²) in [6.45, 7) is 0.684. The van der Waals surface area contributed by atoms with Gasteiger partial charge >= 0.3 is 0 Å². The number of benzene rings is 1. The molecule has 0 bridgehead atoms.